The summed E-state index contributed by atoms with van der Waals surface area (Å²) in [5.41, 5.74) is 4.65. The fourth-order valence-corrected chi connectivity index (χ4v) is 5.78. The minimum absolute atomic E-state index is 0.00856. The molecule has 1 aliphatic heterocycles. The van der Waals surface area contributed by atoms with Gasteiger partial charge in [-0.05, 0) is 106 Å². The van der Waals surface area contributed by atoms with Crippen LogP contribution >= 0.6 is 11.6 Å². The quantitative estimate of drug-likeness (QED) is 0.221. The molecule has 230 valence electrons. The second kappa shape index (κ2) is 14.3. The Labute approximate surface area is 261 Å². The van der Waals surface area contributed by atoms with Gasteiger partial charge in [-0.25, -0.2) is 0 Å². The highest BCUT2D eigenvalue weighted by Crippen LogP contribution is 2.44. The van der Waals surface area contributed by atoms with E-state index < -0.39 is 0 Å². The number of carbonyl (C=O) groups is 2. The van der Waals surface area contributed by atoms with Crippen molar-refractivity contribution in [1.82, 2.24) is 9.80 Å². The number of methoxy groups -OCH3 is 1. The van der Waals surface area contributed by atoms with Crippen molar-refractivity contribution in [2.45, 2.75) is 65.1 Å². The summed E-state index contributed by atoms with van der Waals surface area (Å²) in [6.45, 7) is 9.38. The number of halogens is 1. The molecule has 3 atom stereocenters. The van der Waals surface area contributed by atoms with Crippen molar-refractivity contribution in [2.75, 3.05) is 39.2 Å². The molecule has 4 rings (SSSR count). The number of ether oxygens (including phenoxy) is 2. The Kier molecular flexibility index (Phi) is 10.7. The molecule has 0 aliphatic carbocycles. The Morgan fingerprint density at radius 2 is 1.70 bits per heavy atom. The van der Waals surface area contributed by atoms with Crippen LogP contribution in [-0.4, -0.2) is 62.0 Å². The van der Waals surface area contributed by atoms with Crippen molar-refractivity contribution in [3.05, 3.63) is 87.9 Å². The third-order valence-corrected chi connectivity index (χ3v) is 8.46. The molecule has 3 aromatic carbocycles. The smallest absolute Gasteiger partial charge is 0.232 e. The van der Waals surface area contributed by atoms with Gasteiger partial charge in [0.15, 0.2) is 11.5 Å². The summed E-state index contributed by atoms with van der Waals surface area (Å²) < 4.78 is 11.9. The number of benzene rings is 3. The molecule has 0 saturated carbocycles. The van der Waals surface area contributed by atoms with E-state index >= 15 is 0 Å². The lowest BCUT2D eigenvalue weighted by Crippen LogP contribution is -2.41. The van der Waals surface area contributed by atoms with Gasteiger partial charge in [-0.2, -0.15) is 0 Å². The van der Waals surface area contributed by atoms with Gasteiger partial charge in [-0.1, -0.05) is 42.8 Å². The van der Waals surface area contributed by atoms with E-state index in [4.69, 9.17) is 21.1 Å². The molecule has 1 aliphatic rings. The number of rotatable bonds is 12. The first-order valence-electron chi connectivity index (χ1n) is 15.0. The van der Waals surface area contributed by atoms with Gasteiger partial charge in [0.05, 0.1) is 31.7 Å². The number of anilines is 1. The van der Waals surface area contributed by atoms with Crippen LogP contribution in [0.2, 0.25) is 5.02 Å². The Balaban J connectivity index is 1.73. The monoisotopic (exact) mass is 605 g/mol. The Bertz CT molecular complexity index is 1410. The molecule has 3 aromatic rings. The van der Waals surface area contributed by atoms with Gasteiger partial charge in [-0.3, -0.25) is 9.59 Å². The number of fused-ring (bicyclic) bond motifs is 1. The van der Waals surface area contributed by atoms with E-state index in [-0.39, 0.29) is 36.4 Å². The lowest BCUT2D eigenvalue weighted by atomic mass is 9.86. The summed E-state index contributed by atoms with van der Waals surface area (Å²) in [5, 5.41) is 0.632. The number of nitrogens with zero attached hydrogens (tertiary/aromatic N) is 3. The zero-order chi connectivity index (χ0) is 31.3. The maximum absolute atomic E-state index is 13.9. The predicted molar refractivity (Wildman–Crippen MR) is 173 cm³/mol. The van der Waals surface area contributed by atoms with E-state index in [1.165, 1.54) is 0 Å². The molecule has 8 heteroatoms. The van der Waals surface area contributed by atoms with Crippen molar-refractivity contribution < 1.29 is 19.1 Å². The molecule has 0 spiro atoms. The minimum atomic E-state index is -0.387. The summed E-state index contributed by atoms with van der Waals surface area (Å²) in [4.78, 5) is 32.3. The van der Waals surface area contributed by atoms with Crippen LogP contribution in [0.15, 0.2) is 60.7 Å². The first-order chi connectivity index (χ1) is 20.5. The summed E-state index contributed by atoms with van der Waals surface area (Å²) in [6.07, 6.45) is 2.00. The molecule has 2 amide bonds. The fraction of sp³-hybridized carbons (Fsp3) is 0.429. The van der Waals surface area contributed by atoms with Crippen LogP contribution in [0.25, 0.3) is 0 Å². The highest BCUT2D eigenvalue weighted by Gasteiger charge is 2.36. The fourth-order valence-electron chi connectivity index (χ4n) is 5.65. The average molecular weight is 606 g/mol. The zero-order valence-corrected chi connectivity index (χ0v) is 27.1. The second-order valence-electron chi connectivity index (χ2n) is 11.6. The minimum Gasteiger partial charge on any atom is -0.493 e. The summed E-state index contributed by atoms with van der Waals surface area (Å²) >= 11 is 6.27. The van der Waals surface area contributed by atoms with Crippen LogP contribution in [0.1, 0.15) is 74.9 Å². The molecular formula is C35H44ClN3O4. The van der Waals surface area contributed by atoms with E-state index in [2.05, 4.69) is 18.7 Å². The molecule has 0 bridgehead atoms. The summed E-state index contributed by atoms with van der Waals surface area (Å²) in [6, 6.07) is 19.1. The van der Waals surface area contributed by atoms with E-state index in [1.54, 1.807) is 14.0 Å². The van der Waals surface area contributed by atoms with Gasteiger partial charge in [0.25, 0.3) is 0 Å². The molecule has 7 nitrogen and oxygen atoms in total. The van der Waals surface area contributed by atoms with Gasteiger partial charge in [0.2, 0.25) is 11.8 Å². The largest absolute Gasteiger partial charge is 0.493 e. The Morgan fingerprint density at radius 1 is 1.02 bits per heavy atom. The molecule has 0 N–H and O–H groups in total. The molecular weight excluding hydrogens is 562 g/mol. The second-order valence-corrected chi connectivity index (χ2v) is 12.0. The van der Waals surface area contributed by atoms with Gasteiger partial charge in [0.1, 0.15) is 0 Å². The highest BCUT2D eigenvalue weighted by atomic mass is 35.5. The predicted octanol–water partition coefficient (Wildman–Crippen LogP) is 7.07. The lowest BCUT2D eigenvalue weighted by molar-refractivity contribution is -0.131. The highest BCUT2D eigenvalue weighted by molar-refractivity contribution is 6.30. The van der Waals surface area contributed by atoms with Crippen molar-refractivity contribution in [3.8, 4) is 11.5 Å². The third-order valence-electron chi connectivity index (χ3n) is 8.21. The first-order valence-corrected chi connectivity index (χ1v) is 15.4. The van der Waals surface area contributed by atoms with Crippen molar-refractivity contribution in [3.63, 3.8) is 0 Å². The van der Waals surface area contributed by atoms with E-state index in [0.717, 1.165) is 47.3 Å². The lowest BCUT2D eigenvalue weighted by Gasteiger charge is -2.38. The van der Waals surface area contributed by atoms with E-state index in [1.807, 2.05) is 91.5 Å². The van der Waals surface area contributed by atoms with Gasteiger partial charge < -0.3 is 24.2 Å². The molecule has 0 radical (unpaired) electrons. The van der Waals surface area contributed by atoms with Crippen LogP contribution in [0.3, 0.4) is 0 Å². The first kappa shape index (κ1) is 32.4. The van der Waals surface area contributed by atoms with Crippen LogP contribution in [0.4, 0.5) is 5.69 Å². The Hall–Kier alpha value is -3.55. The molecule has 3 unspecified atom stereocenters. The topological polar surface area (TPSA) is 62.3 Å². The normalized spacial score (nSPS) is 16.1. The van der Waals surface area contributed by atoms with E-state index in [9.17, 15) is 9.59 Å². The summed E-state index contributed by atoms with van der Waals surface area (Å²) in [5.74, 6) is 1.31. The van der Waals surface area contributed by atoms with Crippen LogP contribution in [0.5, 0.6) is 11.5 Å². The van der Waals surface area contributed by atoms with Crippen molar-refractivity contribution in [1.29, 1.82) is 0 Å². The SMILES string of the molecule is CCC(C)Oc1cc2c(cc1OC)CC(=O)N(c1ccc(C(C)N(CCCN(C)C)C(C)=O)cc1)C2c1ccc(Cl)cc1. The van der Waals surface area contributed by atoms with Gasteiger partial charge in [0, 0.05) is 24.2 Å². The Morgan fingerprint density at radius 3 is 2.28 bits per heavy atom. The molecule has 0 aromatic heterocycles. The van der Waals surface area contributed by atoms with Crippen LogP contribution in [0, 0.1) is 0 Å². The van der Waals surface area contributed by atoms with Crippen LogP contribution < -0.4 is 14.4 Å². The van der Waals surface area contributed by atoms with Crippen molar-refractivity contribution >= 4 is 29.1 Å². The standard InChI is InChI=1S/C35H44ClN3O4/c1-8-23(2)43-33-22-31-28(20-32(33)42-7)21-34(41)39(35(31)27-10-14-29(36)15-11-27)30-16-12-26(13-17-30)24(3)38(25(4)40)19-9-18-37(5)6/h10-17,20,22-24,35H,8-9,18-19,21H2,1-7H3. The molecule has 1 heterocycles. The summed E-state index contributed by atoms with van der Waals surface area (Å²) in [7, 11) is 5.69. The molecule has 43 heavy (non-hydrogen) atoms. The maximum atomic E-state index is 13.9. The zero-order valence-electron chi connectivity index (χ0n) is 26.4. The molecule has 0 saturated heterocycles. The maximum Gasteiger partial charge on any atom is 0.232 e. The van der Waals surface area contributed by atoms with Gasteiger partial charge >= 0.3 is 0 Å². The van der Waals surface area contributed by atoms with Crippen LogP contribution in [-0.2, 0) is 16.0 Å². The van der Waals surface area contributed by atoms with E-state index in [0.29, 0.717) is 23.1 Å². The van der Waals surface area contributed by atoms with Crippen molar-refractivity contribution in [2.24, 2.45) is 0 Å². The average Bonchev–Trinajstić information content (AvgIpc) is 2.98. The number of amides is 2. The molecule has 0 fully saturated rings. The number of hydrogen-bond donors (Lipinski definition) is 0. The number of hydrogen-bond acceptors (Lipinski definition) is 5. The number of carbonyl (C=O) groups excluding carboxylic acids is 2. The third kappa shape index (κ3) is 7.51. The van der Waals surface area contributed by atoms with Gasteiger partial charge in [-0.15, -0.1) is 0 Å².